The van der Waals surface area contributed by atoms with Crippen molar-refractivity contribution in [3.63, 3.8) is 0 Å². The van der Waals surface area contributed by atoms with Gasteiger partial charge in [0.05, 0.1) is 18.8 Å². The quantitative estimate of drug-likeness (QED) is 0.384. The van der Waals surface area contributed by atoms with Crippen LogP contribution in [0.1, 0.15) is 79.3 Å². The van der Waals surface area contributed by atoms with Gasteiger partial charge in [0.25, 0.3) is 5.91 Å². The highest BCUT2D eigenvalue weighted by Gasteiger charge is 2.35. The number of amides is 1. The van der Waals surface area contributed by atoms with E-state index in [4.69, 9.17) is 0 Å². The van der Waals surface area contributed by atoms with Crippen LogP contribution in [0.4, 0.5) is 4.39 Å². The predicted octanol–water partition coefficient (Wildman–Crippen LogP) is 5.67. The van der Waals surface area contributed by atoms with E-state index in [0.717, 1.165) is 37.9 Å². The molecule has 182 valence electrons. The zero-order valence-electron chi connectivity index (χ0n) is 20.2. The first-order valence-corrected chi connectivity index (χ1v) is 13.1. The molecule has 0 bridgehead atoms. The van der Waals surface area contributed by atoms with Crippen molar-refractivity contribution in [3.05, 3.63) is 70.7 Å². The summed E-state index contributed by atoms with van der Waals surface area (Å²) in [6, 6.07) is 13.6. The number of nitrogens with one attached hydrogen (secondary N) is 1. The molecule has 3 aromatic rings. The number of rotatable bonds is 5. The minimum atomic E-state index is -0.286. The predicted molar refractivity (Wildman–Crippen MR) is 137 cm³/mol. The number of hydrogen-bond acceptors (Lipinski definition) is 3. The van der Waals surface area contributed by atoms with Gasteiger partial charge in [0, 0.05) is 29.7 Å². The Labute approximate surface area is 206 Å². The number of benzene rings is 2. The van der Waals surface area contributed by atoms with Gasteiger partial charge >= 0.3 is 0 Å². The van der Waals surface area contributed by atoms with Gasteiger partial charge in [-0.25, -0.2) is 9.82 Å². The number of fused-ring (bicyclic) bond motifs is 3. The maximum absolute atomic E-state index is 13.1. The molecule has 0 spiro atoms. The van der Waals surface area contributed by atoms with Crippen LogP contribution in [0, 0.1) is 5.82 Å². The van der Waals surface area contributed by atoms with Crippen LogP contribution in [-0.2, 0) is 17.8 Å². The number of nitrogens with zero attached hydrogens (tertiary/aromatic N) is 3. The Morgan fingerprint density at radius 3 is 2.69 bits per heavy atom. The van der Waals surface area contributed by atoms with Gasteiger partial charge in [-0.3, -0.25) is 9.69 Å². The summed E-state index contributed by atoms with van der Waals surface area (Å²) in [5.41, 5.74) is 9.23. The lowest BCUT2D eigenvalue weighted by atomic mass is 9.83. The molecule has 1 aromatic heterocycles. The highest BCUT2D eigenvalue weighted by Crippen LogP contribution is 2.44. The summed E-state index contributed by atoms with van der Waals surface area (Å²) < 4.78 is 15.6. The summed E-state index contributed by atoms with van der Waals surface area (Å²) in [6.07, 6.45) is 11.7. The first-order valence-electron chi connectivity index (χ1n) is 13.1. The molecule has 1 unspecified atom stereocenters. The molecule has 1 atom stereocenters. The molecule has 3 aliphatic rings. The van der Waals surface area contributed by atoms with Crippen molar-refractivity contribution in [1.82, 2.24) is 14.9 Å². The van der Waals surface area contributed by atoms with Gasteiger partial charge in [-0.2, -0.15) is 5.10 Å². The van der Waals surface area contributed by atoms with E-state index in [1.807, 2.05) is 0 Å². The van der Waals surface area contributed by atoms with E-state index in [2.05, 4.69) is 38.2 Å². The molecule has 1 N–H and O–H groups in total. The van der Waals surface area contributed by atoms with Gasteiger partial charge in [0.15, 0.2) is 0 Å². The fraction of sp³-hybridized carbons (Fsp3) is 0.448. The number of halogens is 1. The van der Waals surface area contributed by atoms with Gasteiger partial charge in [0.2, 0.25) is 0 Å². The van der Waals surface area contributed by atoms with Crippen molar-refractivity contribution in [1.29, 1.82) is 0 Å². The Bertz CT molecular complexity index is 1260. The molecule has 2 aliphatic carbocycles. The van der Waals surface area contributed by atoms with Crippen molar-refractivity contribution < 1.29 is 9.18 Å². The monoisotopic (exact) mass is 472 g/mol. The molecular formula is C29H33FN4O. The molecule has 0 saturated heterocycles. The zero-order chi connectivity index (χ0) is 23.8. The molecule has 5 nitrogen and oxygen atoms in total. The second kappa shape index (κ2) is 9.57. The average molecular weight is 473 g/mol. The summed E-state index contributed by atoms with van der Waals surface area (Å²) in [5, 5.41) is 5.52. The molecular weight excluding hydrogens is 439 g/mol. The third-order valence-electron chi connectivity index (χ3n) is 8.20. The third-order valence-corrected chi connectivity index (χ3v) is 8.20. The number of hydrogen-bond donors (Lipinski definition) is 1. The Balaban J connectivity index is 1.20. The van der Waals surface area contributed by atoms with E-state index in [9.17, 15) is 9.18 Å². The lowest BCUT2D eigenvalue weighted by Gasteiger charge is -2.39. The highest BCUT2D eigenvalue weighted by atomic mass is 19.1. The number of carbonyl (C=O) groups is 1. The topological polar surface area (TPSA) is 49.6 Å². The van der Waals surface area contributed by atoms with Gasteiger partial charge in [-0.15, -0.1) is 0 Å². The molecule has 1 aliphatic heterocycles. The standard InChI is InChI=1S/C29H33FN4O/c30-23-12-9-20(10-13-23)18-31-32-28(35)19-33-15-16-34-26-14-11-22(21-5-2-1-3-6-21)17-25(26)24-7-4-8-27(33)29(24)34/h9-14,17-18,21,27H,1-8,15-16,19H2,(H,32,35). The number of aryl methyl sites for hydroxylation is 1. The molecule has 35 heavy (non-hydrogen) atoms. The summed E-state index contributed by atoms with van der Waals surface area (Å²) in [6.45, 7) is 2.11. The normalized spacial score (nSPS) is 20.9. The molecule has 1 saturated carbocycles. The second-order valence-corrected chi connectivity index (χ2v) is 10.4. The molecule has 6 heteroatoms. The lowest BCUT2D eigenvalue weighted by molar-refractivity contribution is -0.123. The smallest absolute Gasteiger partial charge is 0.254 e. The average Bonchev–Trinajstić information content (AvgIpc) is 3.22. The minimum Gasteiger partial charge on any atom is -0.342 e. The number of hydrazone groups is 1. The third kappa shape index (κ3) is 4.40. The van der Waals surface area contributed by atoms with Crippen molar-refractivity contribution in [2.24, 2.45) is 5.10 Å². The first-order chi connectivity index (χ1) is 17.2. The number of aromatic nitrogens is 1. The van der Waals surface area contributed by atoms with E-state index in [0.29, 0.717) is 12.5 Å². The fourth-order valence-electron chi connectivity index (χ4n) is 6.52. The van der Waals surface area contributed by atoms with E-state index in [1.54, 1.807) is 18.3 Å². The summed E-state index contributed by atoms with van der Waals surface area (Å²) in [4.78, 5) is 15.0. The van der Waals surface area contributed by atoms with E-state index in [-0.39, 0.29) is 17.8 Å². The molecule has 0 radical (unpaired) electrons. The van der Waals surface area contributed by atoms with Crippen LogP contribution in [0.3, 0.4) is 0 Å². The maximum Gasteiger partial charge on any atom is 0.254 e. The zero-order valence-corrected chi connectivity index (χ0v) is 20.2. The van der Waals surface area contributed by atoms with Crippen LogP contribution < -0.4 is 5.43 Å². The molecule has 2 heterocycles. The Morgan fingerprint density at radius 1 is 1.03 bits per heavy atom. The Kier molecular flexibility index (Phi) is 6.15. The van der Waals surface area contributed by atoms with E-state index < -0.39 is 0 Å². The minimum absolute atomic E-state index is 0.111. The van der Waals surface area contributed by atoms with Crippen LogP contribution in [0.25, 0.3) is 10.9 Å². The molecule has 1 fully saturated rings. The van der Waals surface area contributed by atoms with Crippen LogP contribution in [0.15, 0.2) is 47.6 Å². The van der Waals surface area contributed by atoms with Gasteiger partial charge in [-0.1, -0.05) is 37.5 Å². The molecule has 2 aromatic carbocycles. The van der Waals surface area contributed by atoms with E-state index in [1.165, 1.54) is 72.0 Å². The maximum atomic E-state index is 13.1. The van der Waals surface area contributed by atoms with Crippen LogP contribution in [0.5, 0.6) is 0 Å². The lowest BCUT2D eigenvalue weighted by Crippen LogP contribution is -2.44. The fourth-order valence-corrected chi connectivity index (χ4v) is 6.52. The van der Waals surface area contributed by atoms with Crippen molar-refractivity contribution >= 4 is 23.0 Å². The summed E-state index contributed by atoms with van der Waals surface area (Å²) >= 11 is 0. The van der Waals surface area contributed by atoms with Crippen molar-refractivity contribution in [3.8, 4) is 0 Å². The van der Waals surface area contributed by atoms with Crippen LogP contribution >= 0.6 is 0 Å². The molecule has 1 amide bonds. The SMILES string of the molecule is O=C(CN1CCn2c3c(c4cc(C5CCCCC5)ccc42)CCCC31)NN=Cc1ccc(F)cc1. The Hall–Kier alpha value is -2.99. The molecule has 6 rings (SSSR count). The first kappa shape index (κ1) is 22.5. The number of carbonyl (C=O) groups excluding carboxylic acids is 1. The summed E-state index contributed by atoms with van der Waals surface area (Å²) in [7, 11) is 0. The summed E-state index contributed by atoms with van der Waals surface area (Å²) in [5.74, 6) is 0.317. The second-order valence-electron chi connectivity index (χ2n) is 10.4. The van der Waals surface area contributed by atoms with E-state index >= 15 is 0 Å². The van der Waals surface area contributed by atoms with Gasteiger partial charge in [0.1, 0.15) is 5.82 Å². The highest BCUT2D eigenvalue weighted by molar-refractivity contribution is 5.87. The van der Waals surface area contributed by atoms with Crippen LogP contribution in [-0.4, -0.2) is 34.7 Å². The van der Waals surface area contributed by atoms with Gasteiger partial charge in [-0.05, 0) is 79.0 Å². The van der Waals surface area contributed by atoms with Crippen molar-refractivity contribution in [2.45, 2.75) is 69.9 Å². The van der Waals surface area contributed by atoms with Gasteiger partial charge < -0.3 is 4.57 Å². The van der Waals surface area contributed by atoms with Crippen LogP contribution in [0.2, 0.25) is 0 Å². The largest absolute Gasteiger partial charge is 0.342 e. The Morgan fingerprint density at radius 2 is 1.86 bits per heavy atom. The van der Waals surface area contributed by atoms with Crippen molar-refractivity contribution in [2.75, 3.05) is 13.1 Å².